The molecular weight excluding hydrogens is 935 g/mol. The van der Waals surface area contributed by atoms with Gasteiger partial charge in [-0.25, -0.2) is 4.79 Å². The maximum atomic E-state index is 14.6. The second-order valence-corrected chi connectivity index (χ2v) is 18.3. The zero-order chi connectivity index (χ0) is 50.9. The molecule has 1 aromatic heterocycles. The number of para-hydroxylation sites is 1. The van der Waals surface area contributed by atoms with E-state index >= 15 is 0 Å². The highest BCUT2D eigenvalue weighted by molar-refractivity contribution is 7.80. The number of carbonyl (C=O) groups is 9. The monoisotopic (exact) mass is 1000 g/mol. The van der Waals surface area contributed by atoms with Gasteiger partial charge >= 0.3 is 5.97 Å². The van der Waals surface area contributed by atoms with Gasteiger partial charge in [-0.15, -0.1) is 0 Å². The van der Waals surface area contributed by atoms with Crippen LogP contribution in [0.1, 0.15) is 71.3 Å². The van der Waals surface area contributed by atoms with Gasteiger partial charge in [0, 0.05) is 54.7 Å². The number of aliphatic imine (C=N–C) groups is 1. The number of guanidine groups is 1. The fourth-order valence-corrected chi connectivity index (χ4v) is 8.66. The topological polar surface area (TPSA) is 359 Å². The molecule has 380 valence electrons. The minimum Gasteiger partial charge on any atom is -0.480 e. The van der Waals surface area contributed by atoms with Gasteiger partial charge in [0.25, 0.3) is 0 Å². The van der Waals surface area contributed by atoms with Crippen molar-refractivity contribution in [3.8, 4) is 0 Å². The van der Waals surface area contributed by atoms with E-state index in [-0.39, 0.29) is 75.1 Å². The summed E-state index contributed by atoms with van der Waals surface area (Å²) in [6, 6.07) is -1.48. The number of aromatic nitrogens is 1. The van der Waals surface area contributed by atoms with E-state index in [1.54, 1.807) is 6.20 Å². The van der Waals surface area contributed by atoms with Crippen LogP contribution in [0.25, 0.3) is 10.9 Å². The minimum absolute atomic E-state index is 0.0140. The Morgan fingerprint density at radius 3 is 2.01 bits per heavy atom. The number of thiol groups is 2. The second-order valence-electron chi connectivity index (χ2n) is 17.6. The number of hydrogen-bond donors (Lipinski definition) is 13. The van der Waals surface area contributed by atoms with E-state index in [4.69, 9.17) is 17.2 Å². The first-order valence-electron chi connectivity index (χ1n) is 23.0. The molecular formula is C44H67N13O10S2. The van der Waals surface area contributed by atoms with Gasteiger partial charge in [0.2, 0.25) is 47.3 Å². The Kier molecular flexibility index (Phi) is 21.4. The van der Waals surface area contributed by atoms with Gasteiger partial charge in [-0.2, -0.15) is 25.3 Å². The number of hydrogen-bond acceptors (Lipinski definition) is 13. The molecule has 2 aliphatic heterocycles. The molecule has 2 aromatic rings. The van der Waals surface area contributed by atoms with Crippen LogP contribution in [0.15, 0.2) is 35.5 Å². The van der Waals surface area contributed by atoms with Gasteiger partial charge < -0.3 is 69.0 Å². The number of benzene rings is 1. The molecule has 0 aliphatic carbocycles. The molecule has 1 aromatic carbocycles. The van der Waals surface area contributed by atoms with Crippen LogP contribution in [0.5, 0.6) is 0 Å². The fraction of sp³-hybridized carbons (Fsp3) is 0.591. The maximum absolute atomic E-state index is 14.6. The van der Waals surface area contributed by atoms with Crippen LogP contribution in [0.2, 0.25) is 0 Å². The van der Waals surface area contributed by atoms with E-state index in [0.29, 0.717) is 24.8 Å². The van der Waals surface area contributed by atoms with Crippen LogP contribution in [-0.4, -0.2) is 165 Å². The number of aliphatic carboxylic acids is 1. The Morgan fingerprint density at radius 2 is 1.41 bits per heavy atom. The summed E-state index contributed by atoms with van der Waals surface area (Å²) in [5.41, 5.74) is 18.2. The fourth-order valence-electron chi connectivity index (χ4n) is 8.25. The Bertz CT molecular complexity index is 2210. The number of H-pyrrole nitrogens is 1. The van der Waals surface area contributed by atoms with Crippen LogP contribution in [0, 0.1) is 5.92 Å². The summed E-state index contributed by atoms with van der Waals surface area (Å²) in [6.07, 6.45) is 3.65. The molecule has 69 heavy (non-hydrogen) atoms. The first kappa shape index (κ1) is 55.5. The number of aromatic amines is 1. The second kappa shape index (κ2) is 26.6. The summed E-state index contributed by atoms with van der Waals surface area (Å²) in [7, 11) is 0. The molecule has 4 rings (SSSR count). The van der Waals surface area contributed by atoms with Crippen molar-refractivity contribution in [3.63, 3.8) is 0 Å². The first-order valence-corrected chi connectivity index (χ1v) is 24.2. The summed E-state index contributed by atoms with van der Waals surface area (Å²) < 4.78 is 0. The molecule has 2 fully saturated rings. The molecule has 14 N–H and O–H groups in total. The lowest BCUT2D eigenvalue weighted by molar-refractivity contribution is -0.145. The van der Waals surface area contributed by atoms with Gasteiger partial charge in [-0.3, -0.25) is 43.3 Å². The van der Waals surface area contributed by atoms with Gasteiger partial charge in [-0.05, 0) is 69.4 Å². The van der Waals surface area contributed by atoms with Crippen LogP contribution < -0.4 is 49.1 Å². The number of amides is 8. The molecule has 2 saturated heterocycles. The molecule has 0 unspecified atom stereocenters. The predicted octanol–water partition coefficient (Wildman–Crippen LogP) is -2.38. The van der Waals surface area contributed by atoms with Crippen molar-refractivity contribution in [2.75, 3.05) is 37.7 Å². The number of likely N-dealkylation sites (tertiary alicyclic amines) is 2. The SMILES string of the molecule is CC(C)C[C@H](NC(=O)[C@@H](N)CS)C(=O)N[C@@H](CCCN=C(N)N)C(=O)NCC(=O)N[C@@H](Cc1c[nH]c2ccccc12)C(=O)N1CCC[C@H]1C(=O)N[C@@H](C)C(=O)N1CCC[C@H]1C(=O)N[C@@H](CS)C(=O)O. The van der Waals surface area contributed by atoms with E-state index < -0.39 is 108 Å². The standard InChI is InChI=1S/C44H67N13O10S2/c1-23(2)17-30(54-36(59)27(45)21-68)38(61)53-29(11-6-14-48-44(46)47)37(60)50-20-35(58)52-31(18-25-19-49-28-10-5-4-9-26(25)28)42(65)57-16-8-12-33(57)39(62)51-24(3)41(64)56-15-7-13-34(56)40(63)55-32(22-69)43(66)67/h4-5,9-10,19,23-24,27,29-34,49,68-69H,6-8,11-18,20-22,45H2,1-3H3,(H,50,60)(H,51,62)(H,52,58)(H,53,61)(H,54,59)(H,55,63)(H,66,67)(H4,46,47,48)/t24-,27-,29-,30-,31-,32-,33-,34-/m0/s1. The summed E-state index contributed by atoms with van der Waals surface area (Å²) >= 11 is 8.05. The lowest BCUT2D eigenvalue weighted by atomic mass is 10.0. The Morgan fingerprint density at radius 1 is 0.783 bits per heavy atom. The number of carboxylic acid groups (broad SMARTS) is 1. The average molecular weight is 1000 g/mol. The van der Waals surface area contributed by atoms with Crippen molar-refractivity contribution in [3.05, 3.63) is 36.0 Å². The molecule has 0 bridgehead atoms. The van der Waals surface area contributed by atoms with Gasteiger partial charge in [0.05, 0.1) is 12.6 Å². The van der Waals surface area contributed by atoms with Crippen molar-refractivity contribution in [1.82, 2.24) is 46.7 Å². The third-order valence-electron chi connectivity index (χ3n) is 11.8. The van der Waals surface area contributed by atoms with Crippen molar-refractivity contribution in [1.29, 1.82) is 0 Å². The summed E-state index contributed by atoms with van der Waals surface area (Å²) in [6.45, 7) is 5.03. The largest absolute Gasteiger partial charge is 0.480 e. The van der Waals surface area contributed by atoms with Gasteiger partial charge in [-0.1, -0.05) is 32.0 Å². The number of fused-ring (bicyclic) bond motifs is 1. The van der Waals surface area contributed by atoms with E-state index in [0.717, 1.165) is 10.9 Å². The third kappa shape index (κ3) is 16.0. The first-order chi connectivity index (χ1) is 32.7. The highest BCUT2D eigenvalue weighted by atomic mass is 32.1. The lowest BCUT2D eigenvalue weighted by Gasteiger charge is -2.31. The van der Waals surface area contributed by atoms with E-state index in [1.807, 2.05) is 38.1 Å². The normalized spacial score (nSPS) is 18.2. The zero-order valence-corrected chi connectivity index (χ0v) is 40.9. The van der Waals surface area contributed by atoms with Crippen LogP contribution in [0.4, 0.5) is 0 Å². The molecule has 8 atom stereocenters. The third-order valence-corrected chi connectivity index (χ3v) is 12.6. The predicted molar refractivity (Wildman–Crippen MR) is 262 cm³/mol. The average Bonchev–Trinajstić information content (AvgIpc) is 4.10. The zero-order valence-electron chi connectivity index (χ0n) is 39.1. The molecule has 0 spiro atoms. The number of carbonyl (C=O) groups excluding carboxylic acids is 8. The number of carboxylic acids is 1. The highest BCUT2D eigenvalue weighted by Crippen LogP contribution is 2.24. The molecule has 8 amide bonds. The van der Waals surface area contributed by atoms with E-state index in [9.17, 15) is 48.3 Å². The van der Waals surface area contributed by atoms with Crippen LogP contribution in [0.3, 0.4) is 0 Å². The smallest absolute Gasteiger partial charge is 0.327 e. The van der Waals surface area contributed by atoms with Crippen LogP contribution in [-0.2, 0) is 49.6 Å². The molecule has 2 aliphatic rings. The van der Waals surface area contributed by atoms with E-state index in [1.165, 1.54) is 16.7 Å². The summed E-state index contributed by atoms with van der Waals surface area (Å²) in [5.74, 6) is -6.80. The van der Waals surface area contributed by atoms with E-state index in [2.05, 4.69) is 67.1 Å². The number of nitrogens with two attached hydrogens (primary N) is 3. The van der Waals surface area contributed by atoms with Gasteiger partial charge in [0.15, 0.2) is 5.96 Å². The van der Waals surface area contributed by atoms with Crippen molar-refractivity contribution in [2.24, 2.45) is 28.1 Å². The highest BCUT2D eigenvalue weighted by Gasteiger charge is 2.41. The van der Waals surface area contributed by atoms with Crippen LogP contribution >= 0.6 is 25.3 Å². The molecule has 3 heterocycles. The number of nitrogens with zero attached hydrogens (tertiary/aromatic N) is 3. The molecule has 0 radical (unpaired) electrons. The van der Waals surface area contributed by atoms with Gasteiger partial charge in [0.1, 0.15) is 42.3 Å². The molecule has 23 nitrogen and oxygen atoms in total. The van der Waals surface area contributed by atoms with Crippen molar-refractivity contribution in [2.45, 2.75) is 120 Å². The minimum atomic E-state index is -1.27. The van der Waals surface area contributed by atoms with Crippen molar-refractivity contribution >= 4 is 95.3 Å². The molecule has 0 saturated carbocycles. The van der Waals surface area contributed by atoms with Crippen molar-refractivity contribution < 1.29 is 48.3 Å². The lowest BCUT2D eigenvalue weighted by Crippen LogP contribution is -2.58. The quantitative estimate of drug-likeness (QED) is 0.0214. The maximum Gasteiger partial charge on any atom is 0.327 e. The number of nitrogens with one attached hydrogen (secondary N) is 7. The Hall–Kier alpha value is -6.08. The Balaban J connectivity index is 1.49. The molecule has 25 heteroatoms. The summed E-state index contributed by atoms with van der Waals surface area (Å²) in [4.78, 5) is 130. The Labute approximate surface area is 411 Å². The number of rotatable bonds is 25. The summed E-state index contributed by atoms with van der Waals surface area (Å²) in [5, 5.41) is 25.9.